The van der Waals surface area contributed by atoms with E-state index in [9.17, 15) is 14.4 Å². The van der Waals surface area contributed by atoms with E-state index in [1.165, 1.54) is 62.5 Å². The average Bonchev–Trinajstić information content (AvgIpc) is 3.15. The Labute approximate surface area is 217 Å². The van der Waals surface area contributed by atoms with Crippen molar-refractivity contribution in [1.29, 1.82) is 0 Å². The van der Waals surface area contributed by atoms with Crippen molar-refractivity contribution in [3.8, 4) is 0 Å². The number of fused-ring (bicyclic) bond motifs is 1. The summed E-state index contributed by atoms with van der Waals surface area (Å²) in [6, 6.07) is 14.3. The van der Waals surface area contributed by atoms with Crippen LogP contribution in [0.25, 0.3) is 0 Å². The van der Waals surface area contributed by atoms with Gasteiger partial charge in [-0.25, -0.2) is 0 Å². The van der Waals surface area contributed by atoms with Crippen molar-refractivity contribution in [3.05, 3.63) is 64.7 Å². The molecule has 2 aromatic rings. The van der Waals surface area contributed by atoms with Gasteiger partial charge in [0.2, 0.25) is 11.8 Å². The van der Waals surface area contributed by atoms with Crippen LogP contribution in [0.3, 0.4) is 0 Å². The fourth-order valence-electron chi connectivity index (χ4n) is 6.70. The molecule has 0 radical (unpaired) electrons. The van der Waals surface area contributed by atoms with E-state index < -0.39 is 6.04 Å². The summed E-state index contributed by atoms with van der Waals surface area (Å²) in [5.41, 5.74) is 5.16. The van der Waals surface area contributed by atoms with Gasteiger partial charge in [0.25, 0.3) is 5.91 Å². The number of imide groups is 1. The van der Waals surface area contributed by atoms with E-state index in [2.05, 4.69) is 35.6 Å². The predicted molar refractivity (Wildman–Crippen MR) is 140 cm³/mol. The lowest BCUT2D eigenvalue weighted by Crippen LogP contribution is -2.52. The summed E-state index contributed by atoms with van der Waals surface area (Å²) < 4.78 is 0. The highest BCUT2D eigenvalue weighted by Crippen LogP contribution is 2.59. The van der Waals surface area contributed by atoms with Crippen LogP contribution in [0.5, 0.6) is 0 Å². The summed E-state index contributed by atoms with van der Waals surface area (Å²) >= 11 is 1.74. The third kappa shape index (κ3) is 4.60. The van der Waals surface area contributed by atoms with Gasteiger partial charge in [-0.3, -0.25) is 19.7 Å². The van der Waals surface area contributed by atoms with E-state index in [0.717, 1.165) is 27.5 Å². The standard InChI is InChI=1S/C30H34N2O3S/c33-27-13-12-25(28(34)31-27)32-18-24-23(29(32)35)6-2-7-26(24)36-19-21-10-8-20(9-11-21)4-1-5-22-16-30(17-22)14-3-15-30/h2,6-11,22,25H,1,3-5,12-19H2,(H,31,33,34). The number of carbonyl (C=O) groups is 3. The minimum Gasteiger partial charge on any atom is -0.322 e. The Morgan fingerprint density at radius 2 is 1.78 bits per heavy atom. The number of nitrogens with one attached hydrogen (secondary N) is 1. The zero-order valence-corrected chi connectivity index (χ0v) is 21.6. The first-order valence-electron chi connectivity index (χ1n) is 13.5. The normalized spacial score (nSPS) is 22.8. The van der Waals surface area contributed by atoms with Crippen LogP contribution in [0.1, 0.15) is 84.8 Å². The quantitative estimate of drug-likeness (QED) is 0.375. The van der Waals surface area contributed by atoms with Crippen molar-refractivity contribution in [2.75, 3.05) is 0 Å². The number of amides is 3. The average molecular weight is 503 g/mol. The Bertz CT molecular complexity index is 1180. The molecule has 1 saturated heterocycles. The molecular formula is C30H34N2O3S. The van der Waals surface area contributed by atoms with E-state index in [4.69, 9.17) is 0 Å². The van der Waals surface area contributed by atoms with Gasteiger partial charge in [0.15, 0.2) is 0 Å². The molecule has 36 heavy (non-hydrogen) atoms. The fraction of sp³-hybridized carbons (Fsp3) is 0.500. The Hall–Kier alpha value is -2.60. The number of hydrogen-bond acceptors (Lipinski definition) is 4. The van der Waals surface area contributed by atoms with Crippen LogP contribution in [0.2, 0.25) is 0 Å². The number of carbonyl (C=O) groups excluding carboxylic acids is 3. The summed E-state index contributed by atoms with van der Waals surface area (Å²) in [6.45, 7) is 0.421. The van der Waals surface area contributed by atoms with Crippen molar-refractivity contribution in [2.45, 2.75) is 87.4 Å². The maximum atomic E-state index is 13.0. The van der Waals surface area contributed by atoms with Gasteiger partial charge in [0.05, 0.1) is 0 Å². The van der Waals surface area contributed by atoms with Crippen LogP contribution in [0.4, 0.5) is 0 Å². The minimum absolute atomic E-state index is 0.115. The number of hydrogen-bond donors (Lipinski definition) is 1. The lowest BCUT2D eigenvalue weighted by Gasteiger charge is -2.54. The molecule has 1 N–H and O–H groups in total. The van der Waals surface area contributed by atoms with Crippen LogP contribution in [-0.4, -0.2) is 28.7 Å². The molecule has 6 rings (SSSR count). The molecule has 0 bridgehead atoms. The first-order chi connectivity index (χ1) is 17.5. The van der Waals surface area contributed by atoms with Crippen LogP contribution in [-0.2, 0) is 28.3 Å². The van der Waals surface area contributed by atoms with Gasteiger partial charge in [-0.2, -0.15) is 0 Å². The first kappa shape index (κ1) is 23.8. The molecule has 2 heterocycles. The summed E-state index contributed by atoms with van der Waals surface area (Å²) in [4.78, 5) is 39.6. The lowest BCUT2D eigenvalue weighted by atomic mass is 9.51. The number of rotatable bonds is 8. The van der Waals surface area contributed by atoms with E-state index in [0.29, 0.717) is 18.5 Å². The molecule has 2 aliphatic carbocycles. The van der Waals surface area contributed by atoms with Gasteiger partial charge in [-0.15, -0.1) is 11.8 Å². The molecule has 1 spiro atoms. The molecule has 3 fully saturated rings. The maximum Gasteiger partial charge on any atom is 0.255 e. The van der Waals surface area contributed by atoms with Gasteiger partial charge in [0, 0.05) is 29.2 Å². The SMILES string of the molecule is O=C1CCC(N2Cc3c(SCc4ccc(CCCC5CC6(CCC6)C5)cc4)cccc3C2=O)C(=O)N1. The smallest absolute Gasteiger partial charge is 0.255 e. The monoisotopic (exact) mass is 502 g/mol. The van der Waals surface area contributed by atoms with Gasteiger partial charge < -0.3 is 4.90 Å². The topological polar surface area (TPSA) is 66.5 Å². The summed E-state index contributed by atoms with van der Waals surface area (Å²) in [5.74, 6) is 1.08. The highest BCUT2D eigenvalue weighted by molar-refractivity contribution is 7.98. The molecule has 2 aromatic carbocycles. The summed E-state index contributed by atoms with van der Waals surface area (Å²) in [7, 11) is 0. The number of benzene rings is 2. The molecule has 6 heteroatoms. The molecular weight excluding hydrogens is 468 g/mol. The number of aryl methyl sites for hydroxylation is 1. The van der Waals surface area contributed by atoms with Gasteiger partial charge in [-0.05, 0) is 85.1 Å². The van der Waals surface area contributed by atoms with E-state index in [-0.39, 0.29) is 24.1 Å². The van der Waals surface area contributed by atoms with Crippen LogP contribution >= 0.6 is 11.8 Å². The maximum absolute atomic E-state index is 13.0. The molecule has 2 saturated carbocycles. The lowest BCUT2D eigenvalue weighted by molar-refractivity contribution is -0.136. The molecule has 3 amide bonds. The zero-order valence-electron chi connectivity index (χ0n) is 20.8. The van der Waals surface area contributed by atoms with Crippen molar-refractivity contribution >= 4 is 29.5 Å². The van der Waals surface area contributed by atoms with Crippen LogP contribution in [0, 0.1) is 11.3 Å². The van der Waals surface area contributed by atoms with Crippen molar-refractivity contribution < 1.29 is 14.4 Å². The molecule has 0 aromatic heterocycles. The third-order valence-corrected chi connectivity index (χ3v) is 10.1. The molecule has 2 aliphatic heterocycles. The van der Waals surface area contributed by atoms with Gasteiger partial charge >= 0.3 is 0 Å². The van der Waals surface area contributed by atoms with Crippen molar-refractivity contribution in [3.63, 3.8) is 0 Å². The summed E-state index contributed by atoms with van der Waals surface area (Å²) in [5, 5.41) is 2.37. The number of thioether (sulfide) groups is 1. The first-order valence-corrected chi connectivity index (χ1v) is 14.5. The molecule has 1 atom stereocenters. The van der Waals surface area contributed by atoms with Crippen molar-refractivity contribution in [2.24, 2.45) is 11.3 Å². The Morgan fingerprint density at radius 3 is 2.50 bits per heavy atom. The molecule has 5 nitrogen and oxygen atoms in total. The van der Waals surface area contributed by atoms with Gasteiger partial charge in [0.1, 0.15) is 6.04 Å². The minimum atomic E-state index is -0.573. The Balaban J connectivity index is 1.02. The molecule has 4 aliphatic rings. The third-order valence-electron chi connectivity index (χ3n) is 8.89. The molecule has 188 valence electrons. The highest BCUT2D eigenvalue weighted by Gasteiger charge is 2.47. The highest BCUT2D eigenvalue weighted by atomic mass is 32.2. The molecule has 1 unspecified atom stereocenters. The van der Waals surface area contributed by atoms with Gasteiger partial charge in [-0.1, -0.05) is 43.2 Å². The second-order valence-corrected chi connectivity index (χ2v) is 12.3. The van der Waals surface area contributed by atoms with E-state index in [1.807, 2.05) is 12.1 Å². The number of nitrogens with zero attached hydrogens (tertiary/aromatic N) is 1. The van der Waals surface area contributed by atoms with Crippen molar-refractivity contribution in [1.82, 2.24) is 10.2 Å². The second kappa shape index (κ2) is 9.70. The number of piperidine rings is 1. The fourth-order valence-corrected chi connectivity index (χ4v) is 7.74. The van der Waals surface area contributed by atoms with Crippen LogP contribution in [0.15, 0.2) is 47.4 Å². The van der Waals surface area contributed by atoms with Crippen LogP contribution < -0.4 is 5.32 Å². The van der Waals surface area contributed by atoms with E-state index in [1.54, 1.807) is 16.7 Å². The van der Waals surface area contributed by atoms with E-state index >= 15 is 0 Å². The predicted octanol–water partition coefficient (Wildman–Crippen LogP) is 5.64. The summed E-state index contributed by atoms with van der Waals surface area (Å²) in [6.07, 6.45) is 11.9. The Kier molecular flexibility index (Phi) is 6.40. The second-order valence-electron chi connectivity index (χ2n) is 11.3. The zero-order chi connectivity index (χ0) is 24.7. The Morgan fingerprint density at radius 1 is 1.00 bits per heavy atom. The largest absolute Gasteiger partial charge is 0.322 e.